The number of hydrogen-bond acceptors (Lipinski definition) is 8. The lowest BCUT2D eigenvalue weighted by atomic mass is 9.93. The SMILES string of the molecule is Cc1ccc(S(=O)(=O)SC2CCN(C(C(=O)C3CC3)c3ccccc3F)C/C2=C/c2csnn2)cc1.Cl. The topological polar surface area (TPSA) is 80.2 Å². The Morgan fingerprint density at radius 2 is 1.89 bits per heavy atom. The predicted molar refractivity (Wildman–Crippen MR) is 148 cm³/mol. The molecule has 0 radical (unpaired) electrons. The monoisotopic (exact) mass is 579 g/mol. The number of carbonyl (C=O) groups excluding carboxylic acids is 1. The zero-order valence-corrected chi connectivity index (χ0v) is 23.4. The largest absolute Gasteiger partial charge is 0.297 e. The highest BCUT2D eigenvalue weighted by Crippen LogP contribution is 2.42. The number of aryl methyl sites for hydroxylation is 1. The van der Waals surface area contributed by atoms with E-state index in [2.05, 4.69) is 9.59 Å². The minimum atomic E-state index is -3.61. The zero-order chi connectivity index (χ0) is 25.3. The second kappa shape index (κ2) is 11.7. The average Bonchev–Trinajstić information content (AvgIpc) is 3.59. The number of nitrogens with zero attached hydrogens (tertiary/aromatic N) is 3. The lowest BCUT2D eigenvalue weighted by molar-refractivity contribution is -0.126. The van der Waals surface area contributed by atoms with Gasteiger partial charge in [-0.2, -0.15) is 0 Å². The number of carbonyl (C=O) groups is 1. The van der Waals surface area contributed by atoms with Gasteiger partial charge in [0.05, 0.1) is 16.6 Å². The molecular formula is C26H27ClFN3O3S3. The van der Waals surface area contributed by atoms with Gasteiger partial charge in [0.1, 0.15) is 5.82 Å². The van der Waals surface area contributed by atoms with E-state index in [-0.39, 0.29) is 34.3 Å². The Balaban J connectivity index is 0.00000320. The summed E-state index contributed by atoms with van der Waals surface area (Å²) in [6.07, 6.45) is 4.02. The second-order valence-corrected chi connectivity index (χ2v) is 13.9. The molecule has 2 heterocycles. The summed E-state index contributed by atoms with van der Waals surface area (Å²) in [5.41, 5.74) is 2.84. The molecule has 6 nitrogen and oxygen atoms in total. The molecule has 1 saturated heterocycles. The van der Waals surface area contributed by atoms with Crippen molar-refractivity contribution in [1.29, 1.82) is 0 Å². The number of halogens is 2. The van der Waals surface area contributed by atoms with E-state index < -0.39 is 20.7 Å². The summed E-state index contributed by atoms with van der Waals surface area (Å²) < 4.78 is 45.3. The maximum Gasteiger partial charge on any atom is 0.230 e. The third-order valence-electron chi connectivity index (χ3n) is 6.55. The van der Waals surface area contributed by atoms with Gasteiger partial charge in [-0.25, -0.2) is 12.8 Å². The molecule has 0 amide bonds. The molecule has 11 heteroatoms. The second-order valence-electron chi connectivity index (χ2n) is 9.26. The molecular weight excluding hydrogens is 553 g/mol. The number of piperidine rings is 1. The van der Waals surface area contributed by atoms with Crippen LogP contribution in [-0.2, 0) is 13.7 Å². The molecule has 2 aliphatic rings. The van der Waals surface area contributed by atoms with Crippen molar-refractivity contribution in [3.05, 3.63) is 82.1 Å². The van der Waals surface area contributed by atoms with Gasteiger partial charge >= 0.3 is 0 Å². The Morgan fingerprint density at radius 1 is 1.16 bits per heavy atom. The van der Waals surface area contributed by atoms with Gasteiger partial charge in [0.2, 0.25) is 8.87 Å². The normalized spacial score (nSPS) is 20.4. The molecule has 2 atom stereocenters. The van der Waals surface area contributed by atoms with Crippen molar-refractivity contribution in [2.75, 3.05) is 13.1 Å². The Bertz CT molecular complexity index is 1380. The summed E-state index contributed by atoms with van der Waals surface area (Å²) in [6, 6.07) is 12.6. The number of rotatable bonds is 8. The van der Waals surface area contributed by atoms with Crippen LogP contribution in [0.5, 0.6) is 0 Å². The summed E-state index contributed by atoms with van der Waals surface area (Å²) in [6.45, 7) is 2.73. The summed E-state index contributed by atoms with van der Waals surface area (Å²) in [7, 11) is -2.68. The van der Waals surface area contributed by atoms with Crippen LogP contribution in [0.15, 0.2) is 64.4 Å². The van der Waals surface area contributed by atoms with Crippen LogP contribution in [0.25, 0.3) is 6.08 Å². The fourth-order valence-corrected chi connectivity index (χ4v) is 8.52. The Kier molecular flexibility index (Phi) is 8.85. The Hall–Kier alpha value is -2.11. The summed E-state index contributed by atoms with van der Waals surface area (Å²) in [5.74, 6) is -0.406. The number of ketones is 1. The third kappa shape index (κ3) is 6.49. The van der Waals surface area contributed by atoms with Crippen molar-refractivity contribution in [3.8, 4) is 0 Å². The molecule has 0 bridgehead atoms. The molecule has 2 aromatic carbocycles. The van der Waals surface area contributed by atoms with E-state index in [9.17, 15) is 17.6 Å². The molecule has 3 aromatic rings. The molecule has 1 aliphatic heterocycles. The lowest BCUT2D eigenvalue weighted by Crippen LogP contribution is -2.43. The highest BCUT2D eigenvalue weighted by atomic mass is 35.5. The summed E-state index contributed by atoms with van der Waals surface area (Å²) >= 11 is 1.22. The highest BCUT2D eigenvalue weighted by molar-refractivity contribution is 8.72. The van der Waals surface area contributed by atoms with Gasteiger partial charge in [-0.15, -0.1) is 17.5 Å². The average molecular weight is 580 g/mol. The van der Waals surface area contributed by atoms with Crippen molar-refractivity contribution in [2.24, 2.45) is 5.92 Å². The molecule has 2 fully saturated rings. The van der Waals surface area contributed by atoms with Crippen LogP contribution in [-0.4, -0.2) is 47.0 Å². The number of benzene rings is 2. The van der Waals surface area contributed by atoms with Crippen molar-refractivity contribution in [2.45, 2.75) is 42.4 Å². The van der Waals surface area contributed by atoms with E-state index in [1.807, 2.05) is 17.9 Å². The summed E-state index contributed by atoms with van der Waals surface area (Å²) in [5, 5.41) is 5.58. The van der Waals surface area contributed by atoms with Gasteiger partial charge in [-0.05, 0) is 78.4 Å². The van der Waals surface area contributed by atoms with E-state index in [0.29, 0.717) is 30.8 Å². The van der Waals surface area contributed by atoms with Crippen molar-refractivity contribution < 1.29 is 17.6 Å². The molecule has 196 valence electrons. The zero-order valence-electron chi connectivity index (χ0n) is 20.1. The van der Waals surface area contributed by atoms with Crippen LogP contribution in [0.2, 0.25) is 0 Å². The van der Waals surface area contributed by atoms with E-state index in [1.165, 1.54) is 17.6 Å². The summed E-state index contributed by atoms with van der Waals surface area (Å²) in [4.78, 5) is 15.6. The quantitative estimate of drug-likeness (QED) is 0.316. The molecule has 0 spiro atoms. The molecule has 2 unspecified atom stereocenters. The van der Waals surface area contributed by atoms with E-state index in [0.717, 1.165) is 34.8 Å². The van der Waals surface area contributed by atoms with Crippen LogP contribution in [0.4, 0.5) is 4.39 Å². The van der Waals surface area contributed by atoms with Gasteiger partial charge in [0, 0.05) is 35.2 Å². The maximum absolute atomic E-state index is 14.9. The van der Waals surface area contributed by atoms with Gasteiger partial charge in [-0.3, -0.25) is 9.69 Å². The molecule has 1 aromatic heterocycles. The Labute approximate surface area is 230 Å². The van der Waals surface area contributed by atoms with Crippen molar-refractivity contribution in [1.82, 2.24) is 14.5 Å². The van der Waals surface area contributed by atoms with Crippen molar-refractivity contribution in [3.63, 3.8) is 0 Å². The number of likely N-dealkylation sites (tertiary alicyclic amines) is 1. The third-order valence-corrected chi connectivity index (χ3v) is 11.0. The van der Waals surface area contributed by atoms with Crippen LogP contribution in [0.3, 0.4) is 0 Å². The first-order chi connectivity index (χ1) is 17.3. The molecule has 1 aliphatic carbocycles. The van der Waals surface area contributed by atoms with E-state index in [4.69, 9.17) is 0 Å². The first-order valence-electron chi connectivity index (χ1n) is 11.8. The maximum atomic E-state index is 14.9. The fourth-order valence-electron chi connectivity index (χ4n) is 4.51. The van der Waals surface area contributed by atoms with Crippen molar-refractivity contribution >= 4 is 55.5 Å². The first kappa shape index (κ1) is 27.9. The lowest BCUT2D eigenvalue weighted by Gasteiger charge is -2.38. The molecule has 0 N–H and O–H groups in total. The van der Waals surface area contributed by atoms with Gasteiger partial charge in [0.15, 0.2) is 5.78 Å². The Morgan fingerprint density at radius 3 is 2.54 bits per heavy atom. The van der Waals surface area contributed by atoms with Crippen LogP contribution >= 0.6 is 34.7 Å². The number of hydrogen-bond donors (Lipinski definition) is 0. The number of aromatic nitrogens is 2. The van der Waals surface area contributed by atoms with E-state index >= 15 is 0 Å². The van der Waals surface area contributed by atoms with E-state index in [1.54, 1.807) is 47.8 Å². The molecule has 1 saturated carbocycles. The van der Waals surface area contributed by atoms with Gasteiger partial charge in [0.25, 0.3) is 0 Å². The molecule has 5 rings (SSSR count). The molecule has 37 heavy (non-hydrogen) atoms. The van der Waals surface area contributed by atoms with Crippen LogP contribution in [0.1, 0.15) is 42.1 Å². The smallest absolute Gasteiger partial charge is 0.230 e. The standard InChI is InChI=1S/C26H26FN3O3S3.ClH/c1-17-6-10-21(11-7-17)36(32,33)35-24-12-13-30(15-19(24)14-20-16-34-29-28-20)25(26(31)18-8-9-18)22-4-2-3-5-23(22)27;/h2-7,10-11,14,16,18,24-25H,8-9,12-13,15H2,1H3;1H/b19-14-;. The minimum absolute atomic E-state index is 0. The minimum Gasteiger partial charge on any atom is -0.297 e. The van der Waals surface area contributed by atoms with Gasteiger partial charge < -0.3 is 0 Å². The predicted octanol–water partition coefficient (Wildman–Crippen LogP) is 5.71. The van der Waals surface area contributed by atoms with Crippen LogP contribution in [0, 0.1) is 18.7 Å². The van der Waals surface area contributed by atoms with Crippen LogP contribution < -0.4 is 0 Å². The fraction of sp³-hybridized carbons (Fsp3) is 0.346. The van der Waals surface area contributed by atoms with Gasteiger partial charge in [-0.1, -0.05) is 40.4 Å². The first-order valence-corrected chi connectivity index (χ1v) is 15.5. The number of Topliss-reactive ketones (excluding diaryl/α,β-unsaturated/α-hetero) is 1. The highest BCUT2D eigenvalue weighted by Gasteiger charge is 2.42.